The molecule has 0 aliphatic carbocycles. The van der Waals surface area contributed by atoms with Gasteiger partial charge in [0.15, 0.2) is 5.78 Å². The van der Waals surface area contributed by atoms with Crippen LogP contribution in [0.4, 0.5) is 5.69 Å². The molecule has 0 radical (unpaired) electrons. The molecule has 1 unspecified atom stereocenters. The molecule has 1 aromatic rings. The zero-order valence-corrected chi connectivity index (χ0v) is 11.4. The predicted octanol–water partition coefficient (Wildman–Crippen LogP) is 1.71. The van der Waals surface area contributed by atoms with Crippen LogP contribution < -0.4 is 0 Å². The van der Waals surface area contributed by atoms with E-state index in [1.54, 1.807) is 6.92 Å². The molecule has 0 fully saturated rings. The van der Waals surface area contributed by atoms with Crippen molar-refractivity contribution in [3.8, 4) is 0 Å². The number of nitro benzene ring substituents is 1. The number of non-ortho nitro benzene ring substituents is 1. The summed E-state index contributed by atoms with van der Waals surface area (Å²) in [5.74, 6) is -1.08. The van der Waals surface area contributed by atoms with Crippen LogP contribution in [0, 0.1) is 10.1 Å². The number of esters is 1. The maximum absolute atomic E-state index is 11.5. The number of aliphatic hydroxyl groups is 1. The van der Waals surface area contributed by atoms with Crippen LogP contribution in [0.1, 0.15) is 25.0 Å². The molecule has 21 heavy (non-hydrogen) atoms. The number of ether oxygens (including phenoxy) is 1. The number of allylic oxidation sites excluding steroid dienone is 1. The molecule has 112 valence electrons. The van der Waals surface area contributed by atoms with Crippen molar-refractivity contribution in [1.82, 2.24) is 0 Å². The standard InChI is InChI=1S/C14H15NO6/c1-2-21-14(18)8-7-12(16)9-13(17)10-3-5-11(6-4-10)15(19)20/h3-8,13,17H,2,9H2,1H3/b8-7+. The third kappa shape index (κ3) is 5.53. The van der Waals surface area contributed by atoms with Gasteiger partial charge < -0.3 is 9.84 Å². The van der Waals surface area contributed by atoms with Gasteiger partial charge in [-0.3, -0.25) is 14.9 Å². The lowest BCUT2D eigenvalue weighted by Crippen LogP contribution is -2.06. The molecule has 0 heterocycles. The van der Waals surface area contributed by atoms with Crippen LogP contribution in [0.15, 0.2) is 36.4 Å². The summed E-state index contributed by atoms with van der Waals surface area (Å²) in [4.78, 5) is 32.5. The van der Waals surface area contributed by atoms with Gasteiger partial charge in [0.25, 0.3) is 5.69 Å². The van der Waals surface area contributed by atoms with Crippen molar-refractivity contribution in [3.63, 3.8) is 0 Å². The second kappa shape index (κ2) is 7.91. The second-order valence-corrected chi connectivity index (χ2v) is 4.12. The normalized spacial score (nSPS) is 12.1. The minimum Gasteiger partial charge on any atom is -0.463 e. The first-order chi connectivity index (χ1) is 9.93. The van der Waals surface area contributed by atoms with Crippen LogP contribution in [-0.2, 0) is 14.3 Å². The molecule has 1 N–H and O–H groups in total. The number of ketones is 1. The Bertz CT molecular complexity index is 549. The highest BCUT2D eigenvalue weighted by Crippen LogP contribution is 2.20. The SMILES string of the molecule is CCOC(=O)/C=C/C(=O)CC(O)c1ccc([N+](=O)[O-])cc1. The van der Waals surface area contributed by atoms with Gasteiger partial charge >= 0.3 is 5.97 Å². The van der Waals surface area contributed by atoms with Crippen molar-refractivity contribution in [2.24, 2.45) is 0 Å². The predicted molar refractivity (Wildman–Crippen MR) is 73.5 cm³/mol. The van der Waals surface area contributed by atoms with Gasteiger partial charge in [0.05, 0.1) is 17.6 Å². The summed E-state index contributed by atoms with van der Waals surface area (Å²) < 4.78 is 4.61. The summed E-state index contributed by atoms with van der Waals surface area (Å²) in [6.07, 6.45) is 0.708. The lowest BCUT2D eigenvalue weighted by molar-refractivity contribution is -0.384. The monoisotopic (exact) mass is 293 g/mol. The molecule has 0 saturated carbocycles. The second-order valence-electron chi connectivity index (χ2n) is 4.12. The van der Waals surface area contributed by atoms with E-state index in [-0.39, 0.29) is 18.7 Å². The molecular weight excluding hydrogens is 278 g/mol. The summed E-state index contributed by atoms with van der Waals surface area (Å²) >= 11 is 0. The number of hydrogen-bond acceptors (Lipinski definition) is 6. The highest BCUT2D eigenvalue weighted by atomic mass is 16.6. The van der Waals surface area contributed by atoms with Crippen molar-refractivity contribution in [3.05, 3.63) is 52.1 Å². The van der Waals surface area contributed by atoms with Gasteiger partial charge in [-0.1, -0.05) is 0 Å². The Labute approximate surface area is 121 Å². The van der Waals surface area contributed by atoms with Gasteiger partial charge in [-0.05, 0) is 30.7 Å². The van der Waals surface area contributed by atoms with Crippen molar-refractivity contribution >= 4 is 17.4 Å². The number of rotatable bonds is 7. The number of nitrogens with zero attached hydrogens (tertiary/aromatic N) is 1. The number of benzene rings is 1. The number of carbonyl (C=O) groups excluding carboxylic acids is 2. The molecule has 7 heteroatoms. The molecule has 0 aliphatic rings. The Kier molecular flexibility index (Phi) is 6.22. The molecule has 0 bridgehead atoms. The van der Waals surface area contributed by atoms with E-state index in [0.29, 0.717) is 5.56 Å². The Morgan fingerprint density at radius 2 is 1.95 bits per heavy atom. The summed E-state index contributed by atoms with van der Waals surface area (Å²) in [6, 6.07) is 5.26. The fourth-order valence-corrected chi connectivity index (χ4v) is 1.55. The first-order valence-corrected chi connectivity index (χ1v) is 6.24. The third-order valence-corrected chi connectivity index (χ3v) is 2.58. The smallest absolute Gasteiger partial charge is 0.330 e. The maximum Gasteiger partial charge on any atom is 0.330 e. The van der Waals surface area contributed by atoms with Crippen molar-refractivity contribution in [2.75, 3.05) is 6.61 Å². The minimum absolute atomic E-state index is 0.0977. The Balaban J connectivity index is 2.59. The minimum atomic E-state index is -1.09. The van der Waals surface area contributed by atoms with E-state index >= 15 is 0 Å². The van der Waals surface area contributed by atoms with E-state index in [4.69, 9.17) is 0 Å². The van der Waals surface area contributed by atoms with E-state index in [2.05, 4.69) is 4.74 Å². The highest BCUT2D eigenvalue weighted by Gasteiger charge is 2.13. The third-order valence-electron chi connectivity index (χ3n) is 2.58. The molecule has 1 aromatic carbocycles. The molecule has 7 nitrogen and oxygen atoms in total. The van der Waals surface area contributed by atoms with Crippen molar-refractivity contribution < 1.29 is 24.4 Å². The van der Waals surface area contributed by atoms with E-state index in [0.717, 1.165) is 12.2 Å². The number of hydrogen-bond donors (Lipinski definition) is 1. The van der Waals surface area contributed by atoms with Crippen LogP contribution in [0.5, 0.6) is 0 Å². The quantitative estimate of drug-likeness (QED) is 0.355. The summed E-state index contributed by atoms with van der Waals surface area (Å²) in [5, 5.41) is 20.3. The average Bonchev–Trinajstić information content (AvgIpc) is 2.45. The molecule has 0 saturated heterocycles. The molecule has 0 spiro atoms. The van der Waals surface area contributed by atoms with E-state index in [1.807, 2.05) is 0 Å². The van der Waals surface area contributed by atoms with Crippen LogP contribution in [0.2, 0.25) is 0 Å². The van der Waals surface area contributed by atoms with Gasteiger partial charge in [-0.15, -0.1) is 0 Å². The fraction of sp³-hybridized carbons (Fsp3) is 0.286. The lowest BCUT2D eigenvalue weighted by atomic mass is 10.0. The fourth-order valence-electron chi connectivity index (χ4n) is 1.55. The van der Waals surface area contributed by atoms with Crippen LogP contribution in [0.3, 0.4) is 0 Å². The van der Waals surface area contributed by atoms with E-state index < -0.39 is 22.8 Å². The molecule has 0 amide bonds. The van der Waals surface area contributed by atoms with Crippen LogP contribution >= 0.6 is 0 Å². The van der Waals surface area contributed by atoms with E-state index in [1.165, 1.54) is 24.3 Å². The van der Waals surface area contributed by atoms with Crippen LogP contribution in [0.25, 0.3) is 0 Å². The zero-order chi connectivity index (χ0) is 15.8. The number of nitro groups is 1. The lowest BCUT2D eigenvalue weighted by Gasteiger charge is -2.08. The number of carbonyl (C=O) groups is 2. The first kappa shape index (κ1) is 16.5. The first-order valence-electron chi connectivity index (χ1n) is 6.24. The van der Waals surface area contributed by atoms with Gasteiger partial charge in [-0.25, -0.2) is 4.79 Å². The molecule has 0 aromatic heterocycles. The van der Waals surface area contributed by atoms with Crippen molar-refractivity contribution in [1.29, 1.82) is 0 Å². The molecule has 1 atom stereocenters. The molecular formula is C14H15NO6. The topological polar surface area (TPSA) is 107 Å². The van der Waals surface area contributed by atoms with Gasteiger partial charge in [0.2, 0.25) is 0 Å². The largest absolute Gasteiger partial charge is 0.463 e. The Morgan fingerprint density at radius 1 is 1.33 bits per heavy atom. The average molecular weight is 293 g/mol. The molecule has 1 rings (SSSR count). The maximum atomic E-state index is 11.5. The summed E-state index contributed by atoms with van der Waals surface area (Å²) in [7, 11) is 0. The van der Waals surface area contributed by atoms with Gasteiger partial charge in [0, 0.05) is 24.6 Å². The molecule has 0 aliphatic heterocycles. The highest BCUT2D eigenvalue weighted by molar-refractivity contribution is 5.96. The number of aliphatic hydroxyl groups excluding tert-OH is 1. The van der Waals surface area contributed by atoms with Crippen molar-refractivity contribution in [2.45, 2.75) is 19.4 Å². The summed E-state index contributed by atoms with van der Waals surface area (Å²) in [6.45, 7) is 1.86. The zero-order valence-electron chi connectivity index (χ0n) is 11.4. The Hall–Kier alpha value is -2.54. The van der Waals surface area contributed by atoms with Crippen LogP contribution in [-0.4, -0.2) is 28.4 Å². The van der Waals surface area contributed by atoms with E-state index in [9.17, 15) is 24.8 Å². The van der Waals surface area contributed by atoms with Gasteiger partial charge in [-0.2, -0.15) is 0 Å². The van der Waals surface area contributed by atoms with Gasteiger partial charge in [0.1, 0.15) is 0 Å². The summed E-state index contributed by atoms with van der Waals surface area (Å²) in [5.41, 5.74) is 0.290. The Morgan fingerprint density at radius 3 is 2.48 bits per heavy atom.